The van der Waals surface area contributed by atoms with E-state index in [1.54, 1.807) is 4.90 Å². The van der Waals surface area contributed by atoms with Crippen molar-refractivity contribution in [3.05, 3.63) is 35.9 Å². The molecule has 1 aromatic rings. The molecular formula is C14H22ClN3O2. The number of rotatable bonds is 7. The Bertz CT molecular complexity index is 426. The van der Waals surface area contributed by atoms with Crippen LogP contribution in [0, 0.1) is 0 Å². The van der Waals surface area contributed by atoms with Crippen molar-refractivity contribution in [2.45, 2.75) is 25.8 Å². The highest BCUT2D eigenvalue weighted by Crippen LogP contribution is 2.03. The number of halogens is 1. The zero-order valence-corrected chi connectivity index (χ0v) is 12.4. The fourth-order valence-electron chi connectivity index (χ4n) is 1.87. The minimum absolute atomic E-state index is 0. The Morgan fingerprint density at radius 1 is 1.25 bits per heavy atom. The zero-order chi connectivity index (χ0) is 14.3. The minimum Gasteiger partial charge on any atom is -0.370 e. The van der Waals surface area contributed by atoms with E-state index in [-0.39, 0.29) is 24.7 Å². The molecule has 0 aliphatic heterocycles. The summed E-state index contributed by atoms with van der Waals surface area (Å²) >= 11 is 0. The van der Waals surface area contributed by atoms with Gasteiger partial charge in [-0.1, -0.05) is 30.3 Å². The zero-order valence-electron chi connectivity index (χ0n) is 11.6. The third-order valence-corrected chi connectivity index (χ3v) is 2.94. The lowest BCUT2D eigenvalue weighted by atomic mass is 10.1. The average molecular weight is 300 g/mol. The molecular weight excluding hydrogens is 278 g/mol. The minimum atomic E-state index is -0.840. The van der Waals surface area contributed by atoms with Crippen molar-refractivity contribution in [3.8, 4) is 0 Å². The maximum atomic E-state index is 12.0. The first kappa shape index (κ1) is 18.4. The number of likely N-dealkylation sites (N-methyl/N-ethyl adjacent to an activating group) is 1. The topological polar surface area (TPSA) is 89.4 Å². The Labute approximate surface area is 125 Å². The number of carbonyl (C=O) groups is 2. The predicted octanol–water partition coefficient (Wildman–Crippen LogP) is 0.702. The Balaban J connectivity index is 0.00000361. The van der Waals surface area contributed by atoms with Gasteiger partial charge in [-0.05, 0) is 18.9 Å². The van der Waals surface area contributed by atoms with Crippen LogP contribution in [0.25, 0.3) is 0 Å². The van der Waals surface area contributed by atoms with Gasteiger partial charge in [-0.25, -0.2) is 0 Å². The van der Waals surface area contributed by atoms with Gasteiger partial charge in [-0.15, -0.1) is 12.4 Å². The molecule has 0 bridgehead atoms. The maximum Gasteiger partial charge on any atom is 0.240 e. The van der Waals surface area contributed by atoms with Gasteiger partial charge in [-0.3, -0.25) is 9.59 Å². The summed E-state index contributed by atoms with van der Waals surface area (Å²) in [7, 11) is 0. The lowest BCUT2D eigenvalue weighted by Crippen LogP contribution is -2.46. The summed E-state index contributed by atoms with van der Waals surface area (Å²) in [4.78, 5) is 24.5. The first-order chi connectivity index (χ1) is 9.04. The molecule has 0 fully saturated rings. The van der Waals surface area contributed by atoms with Crippen molar-refractivity contribution >= 4 is 24.2 Å². The summed E-state index contributed by atoms with van der Waals surface area (Å²) in [6.45, 7) is 3.05. The molecule has 0 spiro atoms. The quantitative estimate of drug-likeness (QED) is 0.777. The fourth-order valence-corrected chi connectivity index (χ4v) is 1.87. The molecule has 0 saturated heterocycles. The van der Waals surface area contributed by atoms with Crippen molar-refractivity contribution in [3.63, 3.8) is 0 Å². The summed E-state index contributed by atoms with van der Waals surface area (Å²) in [6.07, 6.45) is 0.657. The Kier molecular flexibility index (Phi) is 8.59. The van der Waals surface area contributed by atoms with Gasteiger partial charge in [0.25, 0.3) is 0 Å². The molecule has 0 aromatic heterocycles. The monoisotopic (exact) mass is 299 g/mol. The number of nitrogens with zero attached hydrogens (tertiary/aromatic N) is 1. The Hall–Kier alpha value is -1.59. The van der Waals surface area contributed by atoms with Crippen molar-refractivity contribution in [1.29, 1.82) is 0 Å². The van der Waals surface area contributed by atoms with E-state index in [2.05, 4.69) is 0 Å². The highest BCUT2D eigenvalue weighted by molar-refractivity contribution is 5.87. The van der Waals surface area contributed by atoms with Crippen LogP contribution in [0.4, 0.5) is 0 Å². The molecule has 6 heteroatoms. The molecule has 1 aromatic carbocycles. The number of hydrogen-bond acceptors (Lipinski definition) is 3. The molecule has 0 aliphatic carbocycles. The first-order valence-corrected chi connectivity index (χ1v) is 6.41. The van der Waals surface area contributed by atoms with Crippen LogP contribution in [0.2, 0.25) is 0 Å². The number of primary amides is 1. The number of hydrogen-bond donors (Lipinski definition) is 2. The summed E-state index contributed by atoms with van der Waals surface area (Å²) in [5.74, 6) is -0.780. The van der Waals surface area contributed by atoms with E-state index in [1.165, 1.54) is 0 Å². The normalized spacial score (nSPS) is 11.3. The lowest BCUT2D eigenvalue weighted by molar-refractivity contribution is -0.134. The van der Waals surface area contributed by atoms with E-state index in [0.717, 1.165) is 12.0 Å². The van der Waals surface area contributed by atoms with Gasteiger partial charge in [-0.2, -0.15) is 0 Å². The molecule has 0 saturated carbocycles. The van der Waals surface area contributed by atoms with E-state index < -0.39 is 11.9 Å². The van der Waals surface area contributed by atoms with Crippen LogP contribution in [-0.2, 0) is 16.0 Å². The molecule has 20 heavy (non-hydrogen) atoms. The van der Waals surface area contributed by atoms with Gasteiger partial charge in [0.2, 0.25) is 11.8 Å². The molecule has 0 radical (unpaired) electrons. The van der Waals surface area contributed by atoms with E-state index in [1.807, 2.05) is 37.3 Å². The number of amides is 2. The van der Waals surface area contributed by atoms with Crippen LogP contribution in [-0.4, -0.2) is 35.8 Å². The molecule has 0 heterocycles. The summed E-state index contributed by atoms with van der Waals surface area (Å²) in [5.41, 5.74) is 11.9. The standard InChI is InChI=1S/C14H21N3O2.ClH/c1-2-17(14(19)12(15)10-13(16)18)9-8-11-6-4-3-5-7-11;/h3-7,12H,2,8-10,15H2,1H3,(H2,16,18);1H. The van der Waals surface area contributed by atoms with Crippen molar-refractivity contribution < 1.29 is 9.59 Å². The third kappa shape index (κ3) is 6.04. The molecule has 4 N–H and O–H groups in total. The maximum absolute atomic E-state index is 12.0. The largest absolute Gasteiger partial charge is 0.370 e. The molecule has 1 atom stereocenters. The second-order valence-corrected chi connectivity index (χ2v) is 4.43. The highest BCUT2D eigenvalue weighted by atomic mass is 35.5. The van der Waals surface area contributed by atoms with Gasteiger partial charge >= 0.3 is 0 Å². The van der Waals surface area contributed by atoms with Gasteiger partial charge in [0, 0.05) is 13.1 Å². The predicted molar refractivity (Wildman–Crippen MR) is 81.4 cm³/mol. The van der Waals surface area contributed by atoms with Crippen LogP contribution < -0.4 is 11.5 Å². The van der Waals surface area contributed by atoms with E-state index in [4.69, 9.17) is 11.5 Å². The molecule has 1 rings (SSSR count). The Morgan fingerprint density at radius 2 is 1.85 bits per heavy atom. The van der Waals surface area contributed by atoms with Crippen LogP contribution >= 0.6 is 12.4 Å². The van der Waals surface area contributed by atoms with Crippen LogP contribution in [0.15, 0.2) is 30.3 Å². The van der Waals surface area contributed by atoms with E-state index >= 15 is 0 Å². The number of carbonyl (C=O) groups excluding carboxylic acids is 2. The van der Waals surface area contributed by atoms with Crippen LogP contribution in [0.5, 0.6) is 0 Å². The lowest BCUT2D eigenvalue weighted by Gasteiger charge is -2.23. The third-order valence-electron chi connectivity index (χ3n) is 2.94. The van der Waals surface area contributed by atoms with Gasteiger partial charge in [0.15, 0.2) is 0 Å². The first-order valence-electron chi connectivity index (χ1n) is 6.41. The van der Waals surface area contributed by atoms with Gasteiger partial charge < -0.3 is 16.4 Å². The molecule has 112 valence electrons. The van der Waals surface area contributed by atoms with Gasteiger partial charge in [0.05, 0.1) is 12.5 Å². The van der Waals surface area contributed by atoms with E-state index in [9.17, 15) is 9.59 Å². The molecule has 1 unspecified atom stereocenters. The van der Waals surface area contributed by atoms with Crippen molar-refractivity contribution in [1.82, 2.24) is 4.90 Å². The second kappa shape index (κ2) is 9.34. The number of nitrogens with two attached hydrogens (primary N) is 2. The average Bonchev–Trinajstić information content (AvgIpc) is 2.39. The van der Waals surface area contributed by atoms with Crippen LogP contribution in [0.1, 0.15) is 18.9 Å². The summed E-state index contributed by atoms with van der Waals surface area (Å²) in [5, 5.41) is 0. The van der Waals surface area contributed by atoms with Gasteiger partial charge in [0.1, 0.15) is 0 Å². The SMILES string of the molecule is CCN(CCc1ccccc1)C(=O)C(N)CC(N)=O.Cl. The van der Waals surface area contributed by atoms with Crippen molar-refractivity contribution in [2.24, 2.45) is 11.5 Å². The summed E-state index contributed by atoms with van der Waals surface area (Å²) in [6, 6.07) is 9.07. The summed E-state index contributed by atoms with van der Waals surface area (Å²) < 4.78 is 0. The van der Waals surface area contributed by atoms with Crippen molar-refractivity contribution in [2.75, 3.05) is 13.1 Å². The molecule has 0 aliphatic rings. The smallest absolute Gasteiger partial charge is 0.240 e. The fraction of sp³-hybridized carbons (Fsp3) is 0.429. The van der Waals surface area contributed by atoms with Crippen LogP contribution in [0.3, 0.4) is 0 Å². The number of benzene rings is 1. The molecule has 2 amide bonds. The Morgan fingerprint density at radius 3 is 2.35 bits per heavy atom. The molecule has 5 nitrogen and oxygen atoms in total. The highest BCUT2D eigenvalue weighted by Gasteiger charge is 2.21. The van der Waals surface area contributed by atoms with E-state index in [0.29, 0.717) is 13.1 Å². The second-order valence-electron chi connectivity index (χ2n) is 4.43.